The normalized spacial score (nSPS) is 13.2. The number of Topliss-reactive ketones (excluding diaryl/α,β-unsaturated/α-hetero) is 1. The van der Waals surface area contributed by atoms with E-state index < -0.39 is 0 Å². The van der Waals surface area contributed by atoms with Gasteiger partial charge in [0.15, 0.2) is 5.78 Å². The zero-order valence-electron chi connectivity index (χ0n) is 9.82. The Bertz CT molecular complexity index is 655. The van der Waals surface area contributed by atoms with Gasteiger partial charge in [-0.2, -0.15) is 0 Å². The van der Waals surface area contributed by atoms with Gasteiger partial charge in [0, 0.05) is 11.1 Å². The highest BCUT2D eigenvalue weighted by Gasteiger charge is 2.28. The average Bonchev–Trinajstić information content (AvgIpc) is 2.81. The van der Waals surface area contributed by atoms with Crippen LogP contribution < -0.4 is 0 Å². The molecule has 0 aliphatic heterocycles. The highest BCUT2D eigenvalue weighted by molar-refractivity contribution is 7.16. The van der Waals surface area contributed by atoms with Crippen LogP contribution in [-0.2, 0) is 0 Å². The van der Waals surface area contributed by atoms with Crippen LogP contribution in [0.25, 0.3) is 5.57 Å². The number of benzene rings is 1. The van der Waals surface area contributed by atoms with Crippen molar-refractivity contribution in [2.24, 2.45) is 0 Å². The summed E-state index contributed by atoms with van der Waals surface area (Å²) in [7, 11) is 0. The number of ketones is 2. The molecule has 3 rings (SSSR count). The lowest BCUT2D eigenvalue weighted by molar-refractivity contribution is 0.101. The van der Waals surface area contributed by atoms with Gasteiger partial charge >= 0.3 is 0 Å². The molecule has 0 spiro atoms. The molecule has 1 aromatic carbocycles. The molecule has 1 heterocycles. The van der Waals surface area contributed by atoms with Gasteiger partial charge in [-0.15, -0.1) is 11.3 Å². The molecule has 0 fully saturated rings. The van der Waals surface area contributed by atoms with E-state index in [1.54, 1.807) is 12.1 Å². The Morgan fingerprint density at radius 3 is 2.50 bits per heavy atom. The second-order valence-electron chi connectivity index (χ2n) is 4.26. The number of thiophene rings is 1. The van der Waals surface area contributed by atoms with E-state index in [9.17, 15) is 9.59 Å². The SMILES string of the molecule is C=C1c2ccccc2C(=O)c2sc(C(C)=O)cc21. The van der Waals surface area contributed by atoms with Crippen molar-refractivity contribution in [1.82, 2.24) is 0 Å². The van der Waals surface area contributed by atoms with Gasteiger partial charge < -0.3 is 0 Å². The van der Waals surface area contributed by atoms with Crippen molar-refractivity contribution in [2.45, 2.75) is 6.92 Å². The second kappa shape index (κ2) is 3.75. The van der Waals surface area contributed by atoms with E-state index in [4.69, 9.17) is 0 Å². The third-order valence-corrected chi connectivity index (χ3v) is 4.34. The Hall–Kier alpha value is -2.00. The minimum Gasteiger partial charge on any atom is -0.294 e. The van der Waals surface area contributed by atoms with Crippen molar-refractivity contribution in [3.05, 3.63) is 63.4 Å². The standard InChI is InChI=1S/C15H10O2S/c1-8-10-5-3-4-6-11(10)14(17)15-12(8)7-13(18-15)9(2)16/h3-7H,1H2,2H3. The summed E-state index contributed by atoms with van der Waals surface area (Å²) in [5.74, 6) is -0.0236. The number of hydrogen-bond donors (Lipinski definition) is 0. The maximum absolute atomic E-state index is 12.3. The Morgan fingerprint density at radius 1 is 1.17 bits per heavy atom. The van der Waals surface area contributed by atoms with Gasteiger partial charge in [0.1, 0.15) is 0 Å². The van der Waals surface area contributed by atoms with Crippen molar-refractivity contribution in [1.29, 1.82) is 0 Å². The fourth-order valence-corrected chi connectivity index (χ4v) is 3.20. The average molecular weight is 254 g/mol. The van der Waals surface area contributed by atoms with Crippen LogP contribution in [0.2, 0.25) is 0 Å². The maximum atomic E-state index is 12.3. The monoisotopic (exact) mass is 254 g/mol. The van der Waals surface area contributed by atoms with Crippen LogP contribution >= 0.6 is 11.3 Å². The van der Waals surface area contributed by atoms with Crippen molar-refractivity contribution in [3.63, 3.8) is 0 Å². The molecule has 1 aliphatic carbocycles. The van der Waals surface area contributed by atoms with E-state index >= 15 is 0 Å². The zero-order valence-corrected chi connectivity index (χ0v) is 10.6. The lowest BCUT2D eigenvalue weighted by Crippen LogP contribution is -2.10. The first kappa shape index (κ1) is 11.1. The Morgan fingerprint density at radius 2 is 1.83 bits per heavy atom. The van der Waals surface area contributed by atoms with E-state index in [1.807, 2.05) is 18.2 Å². The Labute approximate surface area is 109 Å². The predicted molar refractivity (Wildman–Crippen MR) is 72.3 cm³/mol. The topological polar surface area (TPSA) is 34.1 Å². The molecular formula is C15H10O2S. The van der Waals surface area contributed by atoms with Gasteiger partial charge in [-0.05, 0) is 24.1 Å². The molecule has 0 bridgehead atoms. The van der Waals surface area contributed by atoms with Crippen LogP contribution in [0, 0.1) is 0 Å². The molecule has 0 atom stereocenters. The Balaban J connectivity index is 2.27. The van der Waals surface area contributed by atoms with Crippen LogP contribution in [0.4, 0.5) is 0 Å². The zero-order chi connectivity index (χ0) is 12.9. The predicted octanol–water partition coefficient (Wildman–Crippen LogP) is 3.56. The van der Waals surface area contributed by atoms with Crippen molar-refractivity contribution in [3.8, 4) is 0 Å². The molecule has 2 aromatic rings. The van der Waals surface area contributed by atoms with E-state index in [2.05, 4.69) is 6.58 Å². The van der Waals surface area contributed by atoms with Gasteiger partial charge in [-0.1, -0.05) is 30.8 Å². The van der Waals surface area contributed by atoms with Gasteiger partial charge in [0.25, 0.3) is 0 Å². The molecule has 18 heavy (non-hydrogen) atoms. The number of fused-ring (bicyclic) bond motifs is 2. The van der Waals surface area contributed by atoms with E-state index in [0.717, 1.165) is 16.7 Å². The highest BCUT2D eigenvalue weighted by atomic mass is 32.1. The molecule has 2 nitrogen and oxygen atoms in total. The lowest BCUT2D eigenvalue weighted by atomic mass is 9.86. The molecule has 0 N–H and O–H groups in total. The maximum Gasteiger partial charge on any atom is 0.204 e. The quantitative estimate of drug-likeness (QED) is 0.622. The summed E-state index contributed by atoms with van der Waals surface area (Å²) in [5.41, 5.74) is 3.16. The van der Waals surface area contributed by atoms with E-state index in [0.29, 0.717) is 15.3 Å². The molecule has 1 aromatic heterocycles. The van der Waals surface area contributed by atoms with Crippen LogP contribution in [0.3, 0.4) is 0 Å². The smallest absolute Gasteiger partial charge is 0.204 e. The molecule has 1 aliphatic rings. The molecular weight excluding hydrogens is 244 g/mol. The molecule has 88 valence electrons. The minimum atomic E-state index is -0.0148. The number of carbonyl (C=O) groups excluding carboxylic acids is 2. The third kappa shape index (κ3) is 1.41. The van der Waals surface area contributed by atoms with Gasteiger partial charge in [0.05, 0.1) is 9.75 Å². The van der Waals surface area contributed by atoms with E-state index in [1.165, 1.54) is 18.3 Å². The number of rotatable bonds is 1. The molecule has 0 saturated heterocycles. The lowest BCUT2D eigenvalue weighted by Gasteiger charge is -2.16. The second-order valence-corrected chi connectivity index (χ2v) is 5.32. The summed E-state index contributed by atoms with van der Waals surface area (Å²) in [5, 5.41) is 0. The first-order valence-corrected chi connectivity index (χ1v) is 6.39. The molecule has 0 saturated carbocycles. The Kier molecular flexibility index (Phi) is 2.31. The fraction of sp³-hybridized carbons (Fsp3) is 0.0667. The fourth-order valence-electron chi connectivity index (χ4n) is 2.17. The minimum absolute atomic E-state index is 0.00880. The largest absolute Gasteiger partial charge is 0.294 e. The van der Waals surface area contributed by atoms with Crippen LogP contribution in [0.1, 0.15) is 43.0 Å². The molecule has 0 radical (unpaired) electrons. The molecule has 3 heteroatoms. The summed E-state index contributed by atoms with van der Waals surface area (Å²) in [6.45, 7) is 5.56. The molecule has 0 amide bonds. The van der Waals surface area contributed by atoms with Crippen molar-refractivity contribution in [2.75, 3.05) is 0 Å². The van der Waals surface area contributed by atoms with Crippen LogP contribution in [-0.4, -0.2) is 11.6 Å². The van der Waals surface area contributed by atoms with Crippen molar-refractivity contribution >= 4 is 28.5 Å². The van der Waals surface area contributed by atoms with Crippen molar-refractivity contribution < 1.29 is 9.59 Å². The first-order chi connectivity index (χ1) is 8.59. The summed E-state index contributed by atoms with van der Waals surface area (Å²) in [6.07, 6.45) is 0. The third-order valence-electron chi connectivity index (χ3n) is 3.11. The number of carbonyl (C=O) groups is 2. The van der Waals surface area contributed by atoms with Crippen LogP contribution in [0.15, 0.2) is 36.9 Å². The first-order valence-electron chi connectivity index (χ1n) is 5.57. The summed E-state index contributed by atoms with van der Waals surface area (Å²) >= 11 is 1.26. The highest BCUT2D eigenvalue weighted by Crippen LogP contribution is 2.39. The number of hydrogen-bond acceptors (Lipinski definition) is 3. The summed E-state index contributed by atoms with van der Waals surface area (Å²) in [6, 6.07) is 9.20. The van der Waals surface area contributed by atoms with Crippen LogP contribution in [0.5, 0.6) is 0 Å². The summed E-state index contributed by atoms with van der Waals surface area (Å²) in [4.78, 5) is 25.0. The van der Waals surface area contributed by atoms with Gasteiger partial charge in [-0.25, -0.2) is 0 Å². The van der Waals surface area contributed by atoms with E-state index in [-0.39, 0.29) is 11.6 Å². The molecule has 0 unspecified atom stereocenters. The summed E-state index contributed by atoms with van der Waals surface area (Å²) < 4.78 is 0. The van der Waals surface area contributed by atoms with Gasteiger partial charge in [0.2, 0.25) is 5.78 Å². The van der Waals surface area contributed by atoms with Gasteiger partial charge in [-0.3, -0.25) is 9.59 Å².